The van der Waals surface area contributed by atoms with Gasteiger partial charge >= 0.3 is 0 Å². The molecule has 1 aliphatic heterocycles. The smallest absolute Gasteiger partial charge is 0.263 e. The number of nitrogens with zero attached hydrogens (tertiary/aromatic N) is 1. The number of amides is 1. The van der Waals surface area contributed by atoms with E-state index >= 15 is 0 Å². The number of hydrogen-bond acceptors (Lipinski definition) is 4. The Hall–Kier alpha value is -1.93. The van der Waals surface area contributed by atoms with Gasteiger partial charge in [0.15, 0.2) is 0 Å². The number of benzene rings is 1. The molecular formula is C16H25N4O3S+. The predicted molar refractivity (Wildman–Crippen MR) is 92.7 cm³/mol. The van der Waals surface area contributed by atoms with Crippen LogP contribution in [0.3, 0.4) is 0 Å². The summed E-state index contributed by atoms with van der Waals surface area (Å²) in [5.74, 6) is 0.242. The normalized spacial score (nSPS) is 16.9. The maximum atomic E-state index is 11.9. The monoisotopic (exact) mass is 353 g/mol. The van der Waals surface area contributed by atoms with Crippen molar-refractivity contribution in [2.75, 3.05) is 32.7 Å². The minimum atomic E-state index is -3.52. The van der Waals surface area contributed by atoms with Crippen molar-refractivity contribution in [1.29, 1.82) is 0 Å². The molecule has 24 heavy (non-hydrogen) atoms. The van der Waals surface area contributed by atoms with Crippen LogP contribution in [0, 0.1) is 0 Å². The van der Waals surface area contributed by atoms with Crippen molar-refractivity contribution < 1.29 is 18.1 Å². The summed E-state index contributed by atoms with van der Waals surface area (Å²) in [6.45, 7) is 8.12. The quantitative estimate of drug-likeness (QED) is 0.569. The van der Waals surface area contributed by atoms with E-state index in [9.17, 15) is 13.2 Å². The minimum Gasteiger partial charge on any atom is -0.350 e. The lowest BCUT2D eigenvalue weighted by Crippen LogP contribution is -3.12. The maximum Gasteiger partial charge on any atom is 0.263 e. The van der Waals surface area contributed by atoms with Gasteiger partial charge in [-0.25, -0.2) is 8.42 Å². The highest BCUT2D eigenvalue weighted by Crippen LogP contribution is 2.21. The van der Waals surface area contributed by atoms with E-state index in [-0.39, 0.29) is 23.8 Å². The molecule has 0 bridgehead atoms. The predicted octanol–water partition coefficient (Wildman–Crippen LogP) is -0.844. The molecule has 1 amide bonds. The summed E-state index contributed by atoms with van der Waals surface area (Å²) in [5, 5.41) is 2.87. The van der Waals surface area contributed by atoms with Gasteiger partial charge in [0.25, 0.3) is 10.0 Å². The third-order valence-electron chi connectivity index (χ3n) is 4.07. The van der Waals surface area contributed by atoms with Crippen LogP contribution in [0.5, 0.6) is 0 Å². The number of sulfonamides is 1. The molecule has 0 atom stereocenters. The van der Waals surface area contributed by atoms with Gasteiger partial charge in [0.05, 0.1) is 37.6 Å². The topological polar surface area (TPSA) is 92.1 Å². The Morgan fingerprint density at radius 1 is 1.25 bits per heavy atom. The first kappa shape index (κ1) is 18.4. The van der Waals surface area contributed by atoms with Gasteiger partial charge < -0.3 is 10.2 Å². The van der Waals surface area contributed by atoms with Gasteiger partial charge in [0, 0.05) is 12.0 Å². The van der Waals surface area contributed by atoms with E-state index in [1.165, 1.54) is 4.90 Å². The molecule has 132 valence electrons. The van der Waals surface area contributed by atoms with Crippen LogP contribution in [-0.4, -0.2) is 52.9 Å². The summed E-state index contributed by atoms with van der Waals surface area (Å²) >= 11 is 0. The highest BCUT2D eigenvalue weighted by molar-refractivity contribution is 7.90. The molecule has 1 heterocycles. The van der Waals surface area contributed by atoms with Crippen LogP contribution in [0.2, 0.25) is 0 Å². The van der Waals surface area contributed by atoms with Crippen LogP contribution >= 0.6 is 0 Å². The average Bonchev–Trinajstić information content (AvgIpc) is 2.83. The molecule has 0 saturated carbocycles. The molecular weight excluding hydrogens is 328 g/mol. The summed E-state index contributed by atoms with van der Waals surface area (Å²) < 4.78 is 26.3. The second kappa shape index (κ2) is 8.25. The van der Waals surface area contributed by atoms with Gasteiger partial charge in [-0.05, 0) is 26.0 Å². The first-order chi connectivity index (χ1) is 11.5. The fourth-order valence-electron chi connectivity index (χ4n) is 2.59. The lowest BCUT2D eigenvalue weighted by molar-refractivity contribution is -0.895. The molecule has 0 saturated heterocycles. The number of likely N-dealkylation sites (N-methyl/N-ethyl adjacent to an activating group) is 1. The van der Waals surface area contributed by atoms with Crippen molar-refractivity contribution in [3.8, 4) is 0 Å². The summed E-state index contributed by atoms with van der Waals surface area (Å²) in [6.07, 6.45) is 0.237. The molecule has 0 spiro atoms. The van der Waals surface area contributed by atoms with E-state index < -0.39 is 10.0 Å². The van der Waals surface area contributed by atoms with Gasteiger partial charge in [-0.2, -0.15) is 0 Å². The summed E-state index contributed by atoms with van der Waals surface area (Å²) in [6, 6.07) is 6.69. The van der Waals surface area contributed by atoms with Crippen molar-refractivity contribution >= 4 is 21.8 Å². The summed E-state index contributed by atoms with van der Waals surface area (Å²) in [5.41, 5.74) is 0.558. The van der Waals surface area contributed by atoms with Crippen molar-refractivity contribution in [3.05, 3.63) is 29.8 Å². The largest absolute Gasteiger partial charge is 0.350 e. The number of amidine groups is 1. The Labute approximate surface area is 143 Å². The van der Waals surface area contributed by atoms with E-state index in [0.29, 0.717) is 17.9 Å². The molecule has 7 nitrogen and oxygen atoms in total. The van der Waals surface area contributed by atoms with Crippen LogP contribution in [0.15, 0.2) is 34.2 Å². The average molecular weight is 353 g/mol. The fraction of sp³-hybridized carbons (Fsp3) is 0.500. The molecule has 0 unspecified atom stereocenters. The second-order valence-electron chi connectivity index (χ2n) is 5.64. The molecule has 0 fully saturated rings. The maximum absolute atomic E-state index is 11.9. The standard InChI is InChI=1S/C16H24N4O3S/c1-3-20(4-2)12-11-17-15(21)9-10-18-16-13-7-5-6-8-14(13)24(22,23)19-16/h5-8H,3-4,9-12H2,1-2H3,(H,17,21)(H,18,19)/p+1. The number of aliphatic imine (C=N–C) groups is 1. The zero-order chi connectivity index (χ0) is 17.6. The Morgan fingerprint density at radius 3 is 2.67 bits per heavy atom. The highest BCUT2D eigenvalue weighted by Gasteiger charge is 2.29. The molecule has 2 rings (SSSR count). The van der Waals surface area contributed by atoms with Gasteiger partial charge in [0.1, 0.15) is 5.84 Å². The minimum absolute atomic E-state index is 0.0694. The highest BCUT2D eigenvalue weighted by atomic mass is 32.2. The summed E-state index contributed by atoms with van der Waals surface area (Å²) in [4.78, 5) is 17.7. The zero-order valence-electron chi connectivity index (χ0n) is 14.1. The van der Waals surface area contributed by atoms with Crippen LogP contribution in [0.1, 0.15) is 25.8 Å². The van der Waals surface area contributed by atoms with E-state index in [2.05, 4.69) is 28.9 Å². The summed E-state index contributed by atoms with van der Waals surface area (Å²) in [7, 11) is -3.52. The number of rotatable bonds is 8. The van der Waals surface area contributed by atoms with E-state index in [4.69, 9.17) is 0 Å². The Morgan fingerprint density at radius 2 is 1.96 bits per heavy atom. The molecule has 8 heteroatoms. The molecule has 3 N–H and O–H groups in total. The van der Waals surface area contributed by atoms with E-state index in [0.717, 1.165) is 19.6 Å². The van der Waals surface area contributed by atoms with Crippen LogP contribution in [-0.2, 0) is 14.8 Å². The van der Waals surface area contributed by atoms with E-state index in [1.807, 2.05) is 0 Å². The SMILES string of the molecule is CC[NH+](CC)CCNC(=O)CCN=C1NS(=O)(=O)c2ccccc21. The molecule has 0 aromatic heterocycles. The van der Waals surface area contributed by atoms with Gasteiger partial charge in [-0.1, -0.05) is 12.1 Å². The molecule has 1 aromatic rings. The molecule has 0 radical (unpaired) electrons. The molecule has 0 aliphatic carbocycles. The lowest BCUT2D eigenvalue weighted by atomic mass is 10.2. The van der Waals surface area contributed by atoms with Gasteiger partial charge in [-0.15, -0.1) is 0 Å². The van der Waals surface area contributed by atoms with Crippen LogP contribution < -0.4 is 14.9 Å². The molecule has 1 aliphatic rings. The van der Waals surface area contributed by atoms with Crippen molar-refractivity contribution in [2.45, 2.75) is 25.2 Å². The second-order valence-corrected chi connectivity index (χ2v) is 7.29. The number of quaternary nitrogens is 1. The molecule has 1 aromatic carbocycles. The Bertz CT molecular complexity index is 712. The first-order valence-electron chi connectivity index (χ1n) is 8.24. The van der Waals surface area contributed by atoms with Gasteiger partial charge in [-0.3, -0.25) is 14.5 Å². The Kier molecular flexibility index (Phi) is 6.33. The van der Waals surface area contributed by atoms with Crippen molar-refractivity contribution in [1.82, 2.24) is 10.0 Å². The number of fused-ring (bicyclic) bond motifs is 1. The van der Waals surface area contributed by atoms with E-state index in [1.54, 1.807) is 24.3 Å². The van der Waals surface area contributed by atoms with Crippen LogP contribution in [0.25, 0.3) is 0 Å². The number of carbonyl (C=O) groups excluding carboxylic acids is 1. The van der Waals surface area contributed by atoms with Crippen molar-refractivity contribution in [2.24, 2.45) is 4.99 Å². The fourth-order valence-corrected chi connectivity index (χ4v) is 3.84. The number of carbonyl (C=O) groups is 1. The first-order valence-corrected chi connectivity index (χ1v) is 9.73. The third kappa shape index (κ3) is 4.55. The number of nitrogens with one attached hydrogen (secondary N) is 3. The van der Waals surface area contributed by atoms with Gasteiger partial charge in [0.2, 0.25) is 5.91 Å². The van der Waals surface area contributed by atoms with Crippen molar-refractivity contribution in [3.63, 3.8) is 0 Å². The Balaban J connectivity index is 1.84. The number of hydrogen-bond donors (Lipinski definition) is 3. The zero-order valence-corrected chi connectivity index (χ0v) is 14.9. The third-order valence-corrected chi connectivity index (χ3v) is 5.47. The lowest BCUT2D eigenvalue weighted by Gasteiger charge is -2.15. The van der Waals surface area contributed by atoms with Crippen LogP contribution in [0.4, 0.5) is 0 Å².